The second-order valence-electron chi connectivity index (χ2n) is 6.96. The summed E-state index contributed by atoms with van der Waals surface area (Å²) >= 11 is 0. The zero-order valence-electron chi connectivity index (χ0n) is 16.2. The SMILES string of the molecule is COc1ccc(-c2nc(CN3CCC(=O)NC[C@H]3C)c(C)o2)c(C)c1C. The van der Waals surface area contributed by atoms with E-state index in [1.807, 2.05) is 26.0 Å². The highest BCUT2D eigenvalue weighted by Gasteiger charge is 2.23. The van der Waals surface area contributed by atoms with Gasteiger partial charge < -0.3 is 14.5 Å². The Labute approximate surface area is 154 Å². The van der Waals surface area contributed by atoms with Crippen molar-refractivity contribution >= 4 is 5.91 Å². The van der Waals surface area contributed by atoms with Gasteiger partial charge in [-0.25, -0.2) is 4.98 Å². The van der Waals surface area contributed by atoms with Gasteiger partial charge in [-0.3, -0.25) is 9.69 Å². The zero-order valence-corrected chi connectivity index (χ0v) is 16.2. The molecule has 1 atom stereocenters. The molecular weight excluding hydrogens is 330 g/mol. The van der Waals surface area contributed by atoms with Crippen LogP contribution in [0.25, 0.3) is 11.5 Å². The third-order valence-corrected chi connectivity index (χ3v) is 5.28. The lowest BCUT2D eigenvalue weighted by atomic mass is 10.0. The quantitative estimate of drug-likeness (QED) is 0.911. The molecular formula is C20H27N3O3. The van der Waals surface area contributed by atoms with Crippen molar-refractivity contribution in [1.29, 1.82) is 0 Å². The first-order valence-corrected chi connectivity index (χ1v) is 9.02. The third-order valence-electron chi connectivity index (χ3n) is 5.28. The standard InChI is InChI=1S/C20H27N3O3/c1-12-10-21-19(24)8-9-23(12)11-17-15(4)26-20(22-17)16-6-7-18(25-5)14(3)13(16)2/h6-7,12H,8-11H2,1-5H3,(H,21,24)/t12-/m1/s1. The molecule has 0 radical (unpaired) electrons. The molecule has 3 rings (SSSR count). The minimum atomic E-state index is 0.112. The molecule has 1 aromatic carbocycles. The Bertz CT molecular complexity index is 813. The maximum atomic E-state index is 11.6. The first-order valence-electron chi connectivity index (χ1n) is 9.02. The average Bonchev–Trinajstić information content (AvgIpc) is 2.90. The number of hydrogen-bond donors (Lipinski definition) is 1. The predicted molar refractivity (Wildman–Crippen MR) is 100 cm³/mol. The lowest BCUT2D eigenvalue weighted by molar-refractivity contribution is -0.120. The van der Waals surface area contributed by atoms with Gasteiger partial charge in [0.15, 0.2) is 0 Å². The zero-order chi connectivity index (χ0) is 18.8. The molecule has 1 amide bonds. The van der Waals surface area contributed by atoms with Crippen LogP contribution in [0, 0.1) is 20.8 Å². The number of carbonyl (C=O) groups excluding carboxylic acids is 1. The fourth-order valence-corrected chi connectivity index (χ4v) is 3.31. The topological polar surface area (TPSA) is 67.6 Å². The van der Waals surface area contributed by atoms with E-state index in [4.69, 9.17) is 14.1 Å². The number of amides is 1. The van der Waals surface area contributed by atoms with Crippen molar-refractivity contribution in [3.8, 4) is 17.2 Å². The number of oxazole rings is 1. The normalized spacial score (nSPS) is 18.5. The summed E-state index contributed by atoms with van der Waals surface area (Å²) in [6, 6.07) is 4.21. The number of methoxy groups -OCH3 is 1. The fraction of sp³-hybridized carbons (Fsp3) is 0.500. The van der Waals surface area contributed by atoms with Crippen molar-refractivity contribution in [3.63, 3.8) is 0 Å². The Morgan fingerprint density at radius 1 is 1.31 bits per heavy atom. The van der Waals surface area contributed by atoms with Gasteiger partial charge in [0.2, 0.25) is 11.8 Å². The molecule has 26 heavy (non-hydrogen) atoms. The van der Waals surface area contributed by atoms with Gasteiger partial charge in [0.1, 0.15) is 11.5 Å². The number of hydrogen-bond acceptors (Lipinski definition) is 5. The van der Waals surface area contributed by atoms with E-state index in [-0.39, 0.29) is 11.9 Å². The minimum Gasteiger partial charge on any atom is -0.496 e. The number of rotatable bonds is 4. The van der Waals surface area contributed by atoms with Gasteiger partial charge in [0.25, 0.3) is 0 Å². The summed E-state index contributed by atoms with van der Waals surface area (Å²) < 4.78 is 11.4. The molecule has 0 spiro atoms. The fourth-order valence-electron chi connectivity index (χ4n) is 3.31. The van der Waals surface area contributed by atoms with E-state index < -0.39 is 0 Å². The second kappa shape index (κ2) is 7.50. The molecule has 0 unspecified atom stereocenters. The maximum absolute atomic E-state index is 11.6. The molecule has 1 saturated heterocycles. The van der Waals surface area contributed by atoms with Crippen LogP contribution in [-0.2, 0) is 11.3 Å². The predicted octanol–water partition coefficient (Wildman–Crippen LogP) is 2.99. The van der Waals surface area contributed by atoms with Crippen LogP contribution in [0.15, 0.2) is 16.5 Å². The molecule has 1 N–H and O–H groups in total. The number of aromatic nitrogens is 1. The lowest BCUT2D eigenvalue weighted by Crippen LogP contribution is -2.37. The summed E-state index contributed by atoms with van der Waals surface area (Å²) in [6.07, 6.45) is 0.519. The second-order valence-corrected chi connectivity index (χ2v) is 6.96. The summed E-state index contributed by atoms with van der Waals surface area (Å²) in [6.45, 7) is 10.2. The van der Waals surface area contributed by atoms with Crippen molar-refractivity contribution in [2.45, 2.75) is 46.7 Å². The Kier molecular flexibility index (Phi) is 5.32. The number of nitrogens with one attached hydrogen (secondary N) is 1. The van der Waals surface area contributed by atoms with Crippen LogP contribution in [0.1, 0.15) is 35.9 Å². The van der Waals surface area contributed by atoms with Gasteiger partial charge in [0, 0.05) is 37.7 Å². The van der Waals surface area contributed by atoms with Crippen molar-refractivity contribution in [3.05, 3.63) is 34.7 Å². The van der Waals surface area contributed by atoms with Crippen LogP contribution in [-0.4, -0.2) is 42.0 Å². The van der Waals surface area contributed by atoms with Gasteiger partial charge in [0.05, 0.1) is 12.8 Å². The molecule has 0 saturated carbocycles. The van der Waals surface area contributed by atoms with Crippen LogP contribution in [0.2, 0.25) is 0 Å². The van der Waals surface area contributed by atoms with E-state index in [0.717, 1.165) is 40.4 Å². The average molecular weight is 357 g/mol. The van der Waals surface area contributed by atoms with Crippen LogP contribution in [0.3, 0.4) is 0 Å². The molecule has 1 fully saturated rings. The van der Waals surface area contributed by atoms with E-state index in [1.54, 1.807) is 7.11 Å². The van der Waals surface area contributed by atoms with Crippen molar-refractivity contribution in [1.82, 2.24) is 15.2 Å². The Hall–Kier alpha value is -2.34. The molecule has 140 valence electrons. The highest BCUT2D eigenvalue weighted by Crippen LogP contribution is 2.31. The first kappa shape index (κ1) is 18.5. The molecule has 1 aliphatic rings. The van der Waals surface area contributed by atoms with Gasteiger partial charge in [-0.1, -0.05) is 0 Å². The van der Waals surface area contributed by atoms with Crippen LogP contribution < -0.4 is 10.1 Å². The molecule has 1 aromatic heterocycles. The first-order chi connectivity index (χ1) is 12.4. The van der Waals surface area contributed by atoms with Gasteiger partial charge in [-0.2, -0.15) is 0 Å². The van der Waals surface area contributed by atoms with Crippen LogP contribution in [0.4, 0.5) is 0 Å². The Morgan fingerprint density at radius 2 is 2.08 bits per heavy atom. The summed E-state index contributed by atoms with van der Waals surface area (Å²) in [5.74, 6) is 2.44. The van der Waals surface area contributed by atoms with E-state index in [1.165, 1.54) is 0 Å². The summed E-state index contributed by atoms with van der Waals surface area (Å²) in [7, 11) is 1.68. The molecule has 2 aromatic rings. The minimum absolute atomic E-state index is 0.112. The molecule has 1 aliphatic heterocycles. The van der Waals surface area contributed by atoms with Crippen LogP contribution in [0.5, 0.6) is 5.75 Å². The lowest BCUT2D eigenvalue weighted by Gasteiger charge is -2.25. The largest absolute Gasteiger partial charge is 0.496 e. The molecule has 6 nitrogen and oxygen atoms in total. The number of aryl methyl sites for hydroxylation is 1. The van der Waals surface area contributed by atoms with E-state index >= 15 is 0 Å². The van der Waals surface area contributed by atoms with Crippen molar-refractivity contribution in [2.75, 3.05) is 20.2 Å². The van der Waals surface area contributed by atoms with Crippen molar-refractivity contribution in [2.24, 2.45) is 0 Å². The van der Waals surface area contributed by atoms with Gasteiger partial charge in [-0.05, 0) is 51.0 Å². The molecule has 6 heteroatoms. The van der Waals surface area contributed by atoms with E-state index in [9.17, 15) is 4.79 Å². The Morgan fingerprint density at radius 3 is 2.81 bits per heavy atom. The number of carbonyl (C=O) groups is 1. The molecule has 0 bridgehead atoms. The summed E-state index contributed by atoms with van der Waals surface area (Å²) in [5, 5.41) is 2.94. The van der Waals surface area contributed by atoms with E-state index in [0.29, 0.717) is 25.4 Å². The number of ether oxygens (including phenoxy) is 1. The summed E-state index contributed by atoms with van der Waals surface area (Å²) in [5.41, 5.74) is 4.11. The number of benzene rings is 1. The maximum Gasteiger partial charge on any atom is 0.226 e. The van der Waals surface area contributed by atoms with Crippen LogP contribution >= 0.6 is 0 Å². The molecule has 0 aliphatic carbocycles. The van der Waals surface area contributed by atoms with Gasteiger partial charge in [-0.15, -0.1) is 0 Å². The molecule has 2 heterocycles. The van der Waals surface area contributed by atoms with Gasteiger partial charge >= 0.3 is 0 Å². The highest BCUT2D eigenvalue weighted by molar-refractivity contribution is 5.76. The smallest absolute Gasteiger partial charge is 0.226 e. The number of nitrogens with zero attached hydrogens (tertiary/aromatic N) is 2. The third kappa shape index (κ3) is 3.60. The van der Waals surface area contributed by atoms with Crippen molar-refractivity contribution < 1.29 is 13.9 Å². The highest BCUT2D eigenvalue weighted by atomic mass is 16.5. The summed E-state index contributed by atoms with van der Waals surface area (Å²) in [4.78, 5) is 18.7. The Balaban J connectivity index is 1.86. The monoisotopic (exact) mass is 357 g/mol. The van der Waals surface area contributed by atoms with E-state index in [2.05, 4.69) is 24.1 Å².